The van der Waals surface area contributed by atoms with Crippen molar-refractivity contribution in [2.75, 3.05) is 5.73 Å². The van der Waals surface area contributed by atoms with Gasteiger partial charge in [0.15, 0.2) is 5.69 Å². The second-order valence-corrected chi connectivity index (χ2v) is 2.97. The highest BCUT2D eigenvalue weighted by atomic mass is 16.3. The number of nitroso groups, excluding NO2 is 1. The summed E-state index contributed by atoms with van der Waals surface area (Å²) < 4.78 is 0. The number of anilines is 1. The minimum atomic E-state index is -0.127. The fourth-order valence-electron chi connectivity index (χ4n) is 1.45. The normalized spacial score (nSPS) is 10.3. The van der Waals surface area contributed by atoms with Gasteiger partial charge in [0, 0.05) is 16.5 Å². The van der Waals surface area contributed by atoms with Crippen molar-refractivity contribution in [2.45, 2.75) is 0 Å². The third-order valence-electron chi connectivity index (χ3n) is 2.14. The van der Waals surface area contributed by atoms with E-state index in [9.17, 15) is 10.0 Å². The third kappa shape index (κ3) is 1.08. The first-order valence-electron chi connectivity index (χ1n) is 4.07. The number of rotatable bonds is 1. The maximum absolute atomic E-state index is 10.5. The summed E-state index contributed by atoms with van der Waals surface area (Å²) in [5.74, 6) is -0.127. The van der Waals surface area contributed by atoms with E-state index >= 15 is 0 Å². The fourth-order valence-corrected chi connectivity index (χ4v) is 1.45. The molecule has 0 atom stereocenters. The van der Waals surface area contributed by atoms with Crippen molar-refractivity contribution < 1.29 is 5.11 Å². The van der Waals surface area contributed by atoms with Crippen LogP contribution in [0.25, 0.3) is 10.8 Å². The molecule has 0 saturated heterocycles. The maximum atomic E-state index is 10.5. The van der Waals surface area contributed by atoms with Crippen LogP contribution in [0.15, 0.2) is 35.5 Å². The number of phenolic OH excluding ortho intramolecular Hbond substituents is 1. The standard InChI is InChI=1S/C10H8N2O2/c11-8-3-1-2-7-6(8)4-5-9(13)10(7)12-14/h1-5,13H,11H2. The van der Waals surface area contributed by atoms with Gasteiger partial charge in [-0.1, -0.05) is 12.1 Å². The minimum Gasteiger partial charge on any atom is -0.506 e. The Morgan fingerprint density at radius 3 is 2.64 bits per heavy atom. The summed E-state index contributed by atoms with van der Waals surface area (Å²) in [5.41, 5.74) is 6.30. The molecule has 0 aliphatic heterocycles. The molecule has 0 radical (unpaired) electrons. The molecule has 0 unspecified atom stereocenters. The lowest BCUT2D eigenvalue weighted by molar-refractivity contribution is 0.477. The molecule has 0 spiro atoms. The van der Waals surface area contributed by atoms with Crippen molar-refractivity contribution in [3.8, 4) is 5.75 Å². The number of phenols is 1. The Bertz CT molecular complexity index is 509. The van der Waals surface area contributed by atoms with Gasteiger partial charge in [-0.15, -0.1) is 4.91 Å². The van der Waals surface area contributed by atoms with Crippen LogP contribution in [0.1, 0.15) is 0 Å². The van der Waals surface area contributed by atoms with Crippen molar-refractivity contribution in [1.29, 1.82) is 0 Å². The van der Waals surface area contributed by atoms with Crippen LogP contribution in [0.2, 0.25) is 0 Å². The van der Waals surface area contributed by atoms with Gasteiger partial charge in [-0.2, -0.15) is 0 Å². The molecule has 0 aromatic heterocycles. The van der Waals surface area contributed by atoms with E-state index in [4.69, 9.17) is 5.73 Å². The number of benzene rings is 2. The Morgan fingerprint density at radius 1 is 1.14 bits per heavy atom. The maximum Gasteiger partial charge on any atom is 0.157 e. The van der Waals surface area contributed by atoms with Gasteiger partial charge >= 0.3 is 0 Å². The van der Waals surface area contributed by atoms with Crippen molar-refractivity contribution in [1.82, 2.24) is 0 Å². The van der Waals surface area contributed by atoms with Crippen LogP contribution < -0.4 is 5.73 Å². The van der Waals surface area contributed by atoms with E-state index in [1.54, 1.807) is 24.3 Å². The number of aromatic hydroxyl groups is 1. The van der Waals surface area contributed by atoms with E-state index < -0.39 is 0 Å². The molecule has 0 bridgehead atoms. The first-order chi connectivity index (χ1) is 6.74. The first-order valence-corrected chi connectivity index (χ1v) is 4.07. The van der Waals surface area contributed by atoms with Gasteiger partial charge in [0.1, 0.15) is 5.75 Å². The Kier molecular flexibility index (Phi) is 1.81. The molecule has 2 aromatic rings. The average Bonchev–Trinajstić information content (AvgIpc) is 2.18. The van der Waals surface area contributed by atoms with E-state index in [1.807, 2.05) is 0 Å². The zero-order valence-electron chi connectivity index (χ0n) is 7.27. The lowest BCUT2D eigenvalue weighted by Crippen LogP contribution is -1.86. The number of hydrogen-bond acceptors (Lipinski definition) is 4. The monoisotopic (exact) mass is 188 g/mol. The van der Waals surface area contributed by atoms with E-state index in [1.165, 1.54) is 6.07 Å². The van der Waals surface area contributed by atoms with Gasteiger partial charge in [-0.25, -0.2) is 0 Å². The Labute approximate surface area is 79.9 Å². The molecule has 0 amide bonds. The molecule has 14 heavy (non-hydrogen) atoms. The number of hydrogen-bond donors (Lipinski definition) is 2. The molecule has 4 heteroatoms. The molecular weight excluding hydrogens is 180 g/mol. The second-order valence-electron chi connectivity index (χ2n) is 2.97. The smallest absolute Gasteiger partial charge is 0.157 e. The van der Waals surface area contributed by atoms with Crippen LogP contribution in [0.3, 0.4) is 0 Å². The molecule has 0 saturated carbocycles. The summed E-state index contributed by atoms with van der Waals surface area (Å²) in [4.78, 5) is 10.5. The summed E-state index contributed by atoms with van der Waals surface area (Å²) in [6.45, 7) is 0. The number of nitrogen functional groups attached to an aromatic ring is 1. The van der Waals surface area contributed by atoms with Gasteiger partial charge in [0.25, 0.3) is 0 Å². The molecule has 4 nitrogen and oxygen atoms in total. The molecule has 3 N–H and O–H groups in total. The highest BCUT2D eigenvalue weighted by molar-refractivity contribution is 6.01. The molecule has 0 heterocycles. The summed E-state index contributed by atoms with van der Waals surface area (Å²) in [6.07, 6.45) is 0. The van der Waals surface area contributed by atoms with Gasteiger partial charge in [0.05, 0.1) is 0 Å². The second kappa shape index (κ2) is 2.99. The molecule has 2 aromatic carbocycles. The summed E-state index contributed by atoms with van der Waals surface area (Å²) in [7, 11) is 0. The van der Waals surface area contributed by atoms with Crippen LogP contribution in [-0.2, 0) is 0 Å². The van der Waals surface area contributed by atoms with E-state index in [2.05, 4.69) is 5.18 Å². The van der Waals surface area contributed by atoms with Crippen molar-refractivity contribution in [3.05, 3.63) is 35.2 Å². The highest BCUT2D eigenvalue weighted by Crippen LogP contribution is 2.36. The van der Waals surface area contributed by atoms with Gasteiger partial charge in [-0.3, -0.25) is 0 Å². The Morgan fingerprint density at radius 2 is 1.93 bits per heavy atom. The lowest BCUT2D eigenvalue weighted by Gasteiger charge is -2.04. The number of nitrogens with two attached hydrogens (primary N) is 1. The molecular formula is C10H8N2O2. The van der Waals surface area contributed by atoms with Crippen molar-refractivity contribution in [3.63, 3.8) is 0 Å². The zero-order chi connectivity index (χ0) is 10.1. The summed E-state index contributed by atoms with van der Waals surface area (Å²) in [6, 6.07) is 8.21. The summed E-state index contributed by atoms with van der Waals surface area (Å²) >= 11 is 0. The van der Waals surface area contributed by atoms with Crippen LogP contribution in [-0.4, -0.2) is 5.11 Å². The average molecular weight is 188 g/mol. The van der Waals surface area contributed by atoms with Crippen molar-refractivity contribution >= 4 is 22.1 Å². The van der Waals surface area contributed by atoms with Crippen LogP contribution in [0.5, 0.6) is 5.75 Å². The third-order valence-corrected chi connectivity index (χ3v) is 2.14. The van der Waals surface area contributed by atoms with Gasteiger partial charge in [0.2, 0.25) is 0 Å². The van der Waals surface area contributed by atoms with Crippen LogP contribution in [0.4, 0.5) is 11.4 Å². The fraction of sp³-hybridized carbons (Fsp3) is 0. The molecule has 0 aliphatic carbocycles. The van der Waals surface area contributed by atoms with E-state index in [0.717, 1.165) is 5.39 Å². The SMILES string of the molecule is Nc1cccc2c(N=O)c(O)ccc12. The molecule has 2 rings (SSSR count). The summed E-state index contributed by atoms with van der Waals surface area (Å²) in [5, 5.41) is 13.4. The highest BCUT2D eigenvalue weighted by Gasteiger charge is 2.08. The first kappa shape index (κ1) is 8.50. The predicted octanol–water partition coefficient (Wildman–Crippen LogP) is 2.53. The molecule has 0 fully saturated rings. The van der Waals surface area contributed by atoms with Gasteiger partial charge in [-0.05, 0) is 23.4 Å². The predicted molar refractivity (Wildman–Crippen MR) is 55.5 cm³/mol. The quantitative estimate of drug-likeness (QED) is 0.533. The van der Waals surface area contributed by atoms with E-state index in [0.29, 0.717) is 11.1 Å². The number of fused-ring (bicyclic) bond motifs is 1. The van der Waals surface area contributed by atoms with Gasteiger partial charge < -0.3 is 10.8 Å². The van der Waals surface area contributed by atoms with E-state index in [-0.39, 0.29) is 11.4 Å². The zero-order valence-corrected chi connectivity index (χ0v) is 7.27. The Hall–Kier alpha value is -2.10. The molecule has 0 aliphatic rings. The van der Waals surface area contributed by atoms with Crippen molar-refractivity contribution in [2.24, 2.45) is 5.18 Å². The lowest BCUT2D eigenvalue weighted by atomic mass is 10.1. The largest absolute Gasteiger partial charge is 0.506 e. The van der Waals surface area contributed by atoms with Crippen LogP contribution >= 0.6 is 0 Å². The topological polar surface area (TPSA) is 75.7 Å². The Balaban J connectivity index is 2.95. The minimum absolute atomic E-state index is 0.0369. The number of nitrogens with zero attached hydrogens (tertiary/aromatic N) is 1. The molecule has 70 valence electrons. The van der Waals surface area contributed by atoms with Crippen LogP contribution in [0, 0.1) is 4.91 Å².